The fourth-order valence-corrected chi connectivity index (χ4v) is 3.54. The van der Waals surface area contributed by atoms with E-state index in [1.54, 1.807) is 36.4 Å². The van der Waals surface area contributed by atoms with Gasteiger partial charge in [0.1, 0.15) is 22.9 Å². The van der Waals surface area contributed by atoms with E-state index in [0.29, 0.717) is 40.9 Å². The van der Waals surface area contributed by atoms with Gasteiger partial charge in [-0.05, 0) is 72.5 Å². The van der Waals surface area contributed by atoms with Crippen LogP contribution in [0.4, 0.5) is 11.4 Å². The summed E-state index contributed by atoms with van der Waals surface area (Å²) < 4.78 is 12.1. The van der Waals surface area contributed by atoms with Crippen LogP contribution in [0.2, 0.25) is 0 Å². The van der Waals surface area contributed by atoms with E-state index in [1.165, 1.54) is 0 Å². The van der Waals surface area contributed by atoms with Gasteiger partial charge in [0.05, 0.1) is 13.2 Å². The first-order valence-electron chi connectivity index (χ1n) is 12.5. The molecule has 2 amide bonds. The molecule has 0 radical (unpaired) electrons. The molecule has 0 aliphatic heterocycles. The smallest absolute Gasteiger partial charge is 0.274 e. The lowest BCUT2D eigenvalue weighted by Crippen LogP contribution is -2.19. The highest BCUT2D eigenvalue weighted by Crippen LogP contribution is 2.21. The van der Waals surface area contributed by atoms with Crippen molar-refractivity contribution in [3.63, 3.8) is 0 Å². The Bertz CT molecular complexity index is 1090. The molecule has 0 saturated heterocycles. The second kappa shape index (κ2) is 13.8. The summed E-state index contributed by atoms with van der Waals surface area (Å²) in [5.74, 6) is 1.58. The first-order valence-corrected chi connectivity index (χ1v) is 13.3. The van der Waals surface area contributed by atoms with Crippen molar-refractivity contribution in [1.29, 1.82) is 0 Å². The average molecular weight is 569 g/mol. The lowest BCUT2D eigenvalue weighted by molar-refractivity contribution is 0.101. The van der Waals surface area contributed by atoms with Crippen LogP contribution in [0.5, 0.6) is 11.5 Å². The third-order valence-corrected chi connectivity index (χ3v) is 6.40. The maximum Gasteiger partial charge on any atom is 0.274 e. The van der Waals surface area contributed by atoms with Crippen LogP contribution >= 0.6 is 15.9 Å². The van der Waals surface area contributed by atoms with Crippen LogP contribution in [0.15, 0.2) is 65.1 Å². The zero-order chi connectivity index (χ0) is 26.8. The largest absolute Gasteiger partial charge is 0.493 e. The molecule has 1 aromatic heterocycles. The van der Waals surface area contributed by atoms with Gasteiger partial charge in [-0.1, -0.05) is 56.5 Å². The molecule has 3 rings (SSSR count). The van der Waals surface area contributed by atoms with Gasteiger partial charge in [-0.3, -0.25) is 9.59 Å². The van der Waals surface area contributed by atoms with Crippen molar-refractivity contribution in [2.24, 2.45) is 11.8 Å². The summed E-state index contributed by atoms with van der Waals surface area (Å²) in [5.41, 5.74) is 1.43. The Kier molecular flexibility index (Phi) is 10.5. The van der Waals surface area contributed by atoms with E-state index >= 15 is 0 Å². The third-order valence-electron chi connectivity index (χ3n) is 5.94. The van der Waals surface area contributed by atoms with Crippen molar-refractivity contribution in [2.75, 3.05) is 23.8 Å². The van der Waals surface area contributed by atoms with E-state index < -0.39 is 11.8 Å². The number of hydrogen-bond acceptors (Lipinski definition) is 5. The molecule has 2 N–H and O–H groups in total. The van der Waals surface area contributed by atoms with Gasteiger partial charge in [0.25, 0.3) is 11.8 Å². The Morgan fingerprint density at radius 2 is 1.14 bits per heavy atom. The second-order valence-corrected chi connectivity index (χ2v) is 10.1. The Hall–Kier alpha value is -3.39. The number of pyridine rings is 1. The fraction of sp³-hybridized carbons (Fsp3) is 0.345. The number of ether oxygens (including phenoxy) is 2. The zero-order valence-corrected chi connectivity index (χ0v) is 23.3. The van der Waals surface area contributed by atoms with Crippen molar-refractivity contribution >= 4 is 39.1 Å². The Labute approximate surface area is 227 Å². The van der Waals surface area contributed by atoms with Crippen LogP contribution in [-0.2, 0) is 0 Å². The first-order chi connectivity index (χ1) is 17.8. The summed E-state index contributed by atoms with van der Waals surface area (Å²) in [6, 6.07) is 17.5. The lowest BCUT2D eigenvalue weighted by Gasteiger charge is -2.12. The summed E-state index contributed by atoms with van der Waals surface area (Å²) in [5, 5.41) is 5.62. The Balaban J connectivity index is 1.61. The highest BCUT2D eigenvalue weighted by molar-refractivity contribution is 9.10. The SMILES string of the molecule is CC[C@H](C)COc1ccc(NC(=O)c2cc(Br)cc(C(=O)Nc3ccc(OC[C@@H](C)CC)cc3)n2)cc1. The summed E-state index contributed by atoms with van der Waals surface area (Å²) in [6.07, 6.45) is 2.10. The molecule has 0 unspecified atom stereocenters. The molecule has 0 aliphatic carbocycles. The van der Waals surface area contributed by atoms with Crippen molar-refractivity contribution in [3.05, 3.63) is 76.5 Å². The number of aromatic nitrogens is 1. The quantitative estimate of drug-likeness (QED) is 0.241. The van der Waals surface area contributed by atoms with E-state index in [9.17, 15) is 9.59 Å². The van der Waals surface area contributed by atoms with Crippen molar-refractivity contribution < 1.29 is 19.1 Å². The molecule has 1 heterocycles. The minimum atomic E-state index is -0.425. The standard InChI is InChI=1S/C29H34BrN3O4/c1-5-19(3)17-36-24-11-7-22(8-12-24)31-28(34)26-15-21(30)16-27(33-26)29(35)32-23-9-13-25(14-10-23)37-18-20(4)6-2/h7-16,19-20H,5-6,17-18H2,1-4H3,(H,31,34)(H,32,35)/t19-,20-/m0/s1. The molecular formula is C29H34BrN3O4. The van der Waals surface area contributed by atoms with Gasteiger partial charge < -0.3 is 20.1 Å². The molecule has 37 heavy (non-hydrogen) atoms. The van der Waals surface area contributed by atoms with Crippen LogP contribution in [0, 0.1) is 11.8 Å². The highest BCUT2D eigenvalue weighted by atomic mass is 79.9. The van der Waals surface area contributed by atoms with Crippen LogP contribution in [0.1, 0.15) is 61.5 Å². The Morgan fingerprint density at radius 1 is 0.757 bits per heavy atom. The maximum atomic E-state index is 12.8. The average Bonchev–Trinajstić information content (AvgIpc) is 2.91. The number of benzene rings is 2. The number of amides is 2. The summed E-state index contributed by atoms with van der Waals surface area (Å²) in [7, 11) is 0. The van der Waals surface area contributed by atoms with Gasteiger partial charge in [0.2, 0.25) is 0 Å². The van der Waals surface area contributed by atoms with Gasteiger partial charge in [-0.25, -0.2) is 4.98 Å². The molecule has 2 atom stereocenters. The molecule has 196 valence electrons. The minimum absolute atomic E-state index is 0.116. The number of nitrogens with one attached hydrogen (secondary N) is 2. The number of hydrogen-bond donors (Lipinski definition) is 2. The van der Waals surface area contributed by atoms with Gasteiger partial charge in [0, 0.05) is 15.8 Å². The van der Waals surface area contributed by atoms with Crippen molar-refractivity contribution in [1.82, 2.24) is 4.98 Å². The summed E-state index contributed by atoms with van der Waals surface area (Å²) >= 11 is 3.38. The normalized spacial score (nSPS) is 12.4. The molecule has 3 aromatic rings. The van der Waals surface area contributed by atoms with Crippen LogP contribution in [-0.4, -0.2) is 30.0 Å². The second-order valence-electron chi connectivity index (χ2n) is 9.16. The first kappa shape index (κ1) is 28.2. The number of nitrogens with zero attached hydrogens (tertiary/aromatic N) is 1. The van der Waals surface area contributed by atoms with E-state index in [0.717, 1.165) is 24.3 Å². The molecule has 0 saturated carbocycles. The topological polar surface area (TPSA) is 89.5 Å². The monoisotopic (exact) mass is 567 g/mol. The molecule has 2 aromatic carbocycles. The summed E-state index contributed by atoms with van der Waals surface area (Å²) in [4.78, 5) is 29.9. The minimum Gasteiger partial charge on any atom is -0.493 e. The van der Waals surface area contributed by atoms with Gasteiger partial charge in [-0.15, -0.1) is 0 Å². The van der Waals surface area contributed by atoms with E-state index in [1.807, 2.05) is 24.3 Å². The maximum absolute atomic E-state index is 12.8. The van der Waals surface area contributed by atoms with Crippen LogP contribution in [0.25, 0.3) is 0 Å². The van der Waals surface area contributed by atoms with Crippen molar-refractivity contribution in [3.8, 4) is 11.5 Å². The lowest BCUT2D eigenvalue weighted by atomic mass is 10.1. The van der Waals surface area contributed by atoms with Crippen LogP contribution < -0.4 is 20.1 Å². The predicted octanol–water partition coefficient (Wildman–Crippen LogP) is 7.20. The molecule has 7 nitrogen and oxygen atoms in total. The van der Waals surface area contributed by atoms with E-state index in [4.69, 9.17) is 9.47 Å². The third kappa shape index (κ3) is 8.89. The number of anilines is 2. The molecule has 0 fully saturated rings. The van der Waals surface area contributed by atoms with Crippen molar-refractivity contribution in [2.45, 2.75) is 40.5 Å². The summed E-state index contributed by atoms with van der Waals surface area (Å²) in [6.45, 7) is 9.80. The van der Waals surface area contributed by atoms with E-state index in [-0.39, 0.29) is 11.4 Å². The van der Waals surface area contributed by atoms with Crippen LogP contribution in [0.3, 0.4) is 0 Å². The van der Waals surface area contributed by atoms with Gasteiger partial charge in [-0.2, -0.15) is 0 Å². The molecule has 0 bridgehead atoms. The molecule has 8 heteroatoms. The fourth-order valence-electron chi connectivity index (χ4n) is 3.10. The molecule has 0 spiro atoms. The van der Waals surface area contributed by atoms with Gasteiger partial charge >= 0.3 is 0 Å². The van der Waals surface area contributed by atoms with E-state index in [2.05, 4.69) is 59.2 Å². The predicted molar refractivity (Wildman–Crippen MR) is 151 cm³/mol. The zero-order valence-electron chi connectivity index (χ0n) is 21.7. The number of rotatable bonds is 12. The molecule has 0 aliphatic rings. The Morgan fingerprint density at radius 3 is 1.49 bits per heavy atom. The van der Waals surface area contributed by atoms with Gasteiger partial charge in [0.15, 0.2) is 0 Å². The highest BCUT2D eigenvalue weighted by Gasteiger charge is 2.15. The number of carbonyl (C=O) groups excluding carboxylic acids is 2. The molecular weight excluding hydrogens is 534 g/mol. The number of halogens is 1. The number of carbonyl (C=O) groups is 2.